The highest BCUT2D eigenvalue weighted by Gasteiger charge is 2.34. The summed E-state index contributed by atoms with van der Waals surface area (Å²) in [4.78, 5) is 30.3. The predicted molar refractivity (Wildman–Crippen MR) is 182 cm³/mol. The molecule has 3 aromatic rings. The third kappa shape index (κ3) is 8.87. The molecule has 0 saturated heterocycles. The lowest BCUT2D eigenvalue weighted by Crippen LogP contribution is -2.53. The van der Waals surface area contributed by atoms with Gasteiger partial charge in [0.15, 0.2) is 0 Å². The van der Waals surface area contributed by atoms with E-state index >= 15 is 0 Å². The molecule has 1 atom stereocenters. The number of carbonyl (C=O) groups is 2. The van der Waals surface area contributed by atoms with Crippen LogP contribution in [0.5, 0.6) is 5.75 Å². The quantitative estimate of drug-likeness (QED) is 0.180. The molecule has 1 fully saturated rings. The Labute approximate surface area is 280 Å². The number of hydrogen-bond donors (Lipinski definition) is 1. The first kappa shape index (κ1) is 34.9. The number of carbonyl (C=O) groups excluding carboxylic acids is 2. The van der Waals surface area contributed by atoms with Crippen molar-refractivity contribution in [3.05, 3.63) is 82.3 Å². The lowest BCUT2D eigenvalue weighted by atomic mass is 10.1. The molecule has 8 nitrogen and oxygen atoms in total. The van der Waals surface area contributed by atoms with Crippen LogP contribution in [0.15, 0.2) is 76.5 Å². The van der Waals surface area contributed by atoms with Crippen LogP contribution in [0.3, 0.4) is 0 Å². The topological polar surface area (TPSA) is 96.0 Å². The second-order valence-electron chi connectivity index (χ2n) is 10.8. The zero-order chi connectivity index (χ0) is 32.6. The van der Waals surface area contributed by atoms with Gasteiger partial charge in [-0.15, -0.1) is 11.8 Å². The van der Waals surface area contributed by atoms with Crippen molar-refractivity contribution in [2.45, 2.75) is 74.4 Å². The first-order valence-corrected chi connectivity index (χ1v) is 18.4. The lowest BCUT2D eigenvalue weighted by Gasteiger charge is -2.34. The fraction of sp³-hybridized carbons (Fsp3) is 0.394. The Morgan fingerprint density at radius 1 is 0.978 bits per heavy atom. The van der Waals surface area contributed by atoms with E-state index < -0.39 is 28.5 Å². The third-order valence-electron chi connectivity index (χ3n) is 7.79. The summed E-state index contributed by atoms with van der Waals surface area (Å²) in [6.45, 7) is 3.65. The molecular weight excluding hydrogens is 653 g/mol. The first-order valence-electron chi connectivity index (χ1n) is 15.0. The molecule has 0 radical (unpaired) electrons. The smallest absolute Gasteiger partial charge is 0.264 e. The zero-order valence-corrected chi connectivity index (χ0v) is 28.8. The van der Waals surface area contributed by atoms with Crippen LogP contribution in [0.1, 0.15) is 51.5 Å². The molecule has 1 aliphatic carbocycles. The molecule has 0 bridgehead atoms. The van der Waals surface area contributed by atoms with Crippen molar-refractivity contribution >= 4 is 62.5 Å². The molecule has 45 heavy (non-hydrogen) atoms. The highest BCUT2D eigenvalue weighted by molar-refractivity contribution is 7.98. The normalized spacial score (nSPS) is 14.2. The van der Waals surface area contributed by atoms with E-state index in [0.717, 1.165) is 34.9 Å². The molecule has 1 aliphatic rings. The summed E-state index contributed by atoms with van der Waals surface area (Å²) in [5.41, 5.74) is 0.951. The van der Waals surface area contributed by atoms with Crippen LogP contribution in [-0.2, 0) is 26.2 Å². The maximum atomic E-state index is 14.3. The van der Waals surface area contributed by atoms with Gasteiger partial charge in [-0.2, -0.15) is 0 Å². The Kier molecular flexibility index (Phi) is 12.5. The van der Waals surface area contributed by atoms with Crippen LogP contribution >= 0.6 is 35.0 Å². The fourth-order valence-corrected chi connectivity index (χ4v) is 7.54. The molecule has 2 amide bonds. The second-order valence-corrected chi connectivity index (χ2v) is 14.4. The van der Waals surface area contributed by atoms with Crippen molar-refractivity contribution in [2.24, 2.45) is 0 Å². The van der Waals surface area contributed by atoms with Gasteiger partial charge in [-0.05, 0) is 98.7 Å². The van der Waals surface area contributed by atoms with E-state index in [0.29, 0.717) is 40.1 Å². The van der Waals surface area contributed by atoms with Gasteiger partial charge in [0.2, 0.25) is 11.8 Å². The van der Waals surface area contributed by atoms with Gasteiger partial charge in [0, 0.05) is 17.5 Å². The zero-order valence-electron chi connectivity index (χ0n) is 25.7. The van der Waals surface area contributed by atoms with Gasteiger partial charge in [-0.3, -0.25) is 13.9 Å². The number of sulfonamides is 1. The number of nitrogens with zero attached hydrogens (tertiary/aromatic N) is 2. The maximum absolute atomic E-state index is 14.3. The van der Waals surface area contributed by atoms with E-state index in [9.17, 15) is 18.0 Å². The minimum absolute atomic E-state index is 0.0336. The number of amides is 2. The Morgan fingerprint density at radius 2 is 1.64 bits per heavy atom. The van der Waals surface area contributed by atoms with Gasteiger partial charge in [0.05, 0.1) is 27.2 Å². The summed E-state index contributed by atoms with van der Waals surface area (Å²) in [7, 11) is -4.19. The molecule has 1 saturated carbocycles. The van der Waals surface area contributed by atoms with Gasteiger partial charge in [-0.1, -0.05) is 49.0 Å². The molecule has 3 aromatic carbocycles. The number of rotatable bonds is 14. The minimum atomic E-state index is -4.19. The number of hydrogen-bond acceptors (Lipinski definition) is 6. The van der Waals surface area contributed by atoms with E-state index in [2.05, 4.69) is 5.32 Å². The predicted octanol–water partition coefficient (Wildman–Crippen LogP) is 7.18. The number of halogens is 2. The summed E-state index contributed by atoms with van der Waals surface area (Å²) in [6.07, 6.45) is 6.10. The van der Waals surface area contributed by atoms with Crippen LogP contribution in [-0.4, -0.2) is 56.6 Å². The van der Waals surface area contributed by atoms with Crippen LogP contribution in [0, 0.1) is 0 Å². The highest BCUT2D eigenvalue weighted by atomic mass is 35.5. The molecule has 0 spiro atoms. The van der Waals surface area contributed by atoms with Crippen LogP contribution in [0.2, 0.25) is 10.0 Å². The lowest BCUT2D eigenvalue weighted by molar-refractivity contribution is -0.140. The monoisotopic (exact) mass is 691 g/mol. The second kappa shape index (κ2) is 16.1. The largest absolute Gasteiger partial charge is 0.494 e. The summed E-state index contributed by atoms with van der Waals surface area (Å²) in [5, 5.41) is 3.80. The number of ether oxygens (including phenoxy) is 1. The van der Waals surface area contributed by atoms with Crippen LogP contribution < -0.4 is 14.4 Å². The molecule has 0 aliphatic heterocycles. The Hall–Kier alpha value is -2.92. The summed E-state index contributed by atoms with van der Waals surface area (Å²) < 4.78 is 34.9. The Bertz CT molecular complexity index is 1560. The highest BCUT2D eigenvalue weighted by Crippen LogP contribution is 2.29. The molecule has 4 rings (SSSR count). The number of anilines is 1. The van der Waals surface area contributed by atoms with Gasteiger partial charge in [0.25, 0.3) is 10.0 Å². The SMILES string of the molecule is CCOc1ccc(N(CC(=O)N(Cc2ccc(Cl)c(Cl)c2)[C@H](CC)C(=O)NC2CCCC2)S(=O)(=O)c2ccc(SC)cc2)cc1. The van der Waals surface area contributed by atoms with Gasteiger partial charge in [-0.25, -0.2) is 8.42 Å². The van der Waals surface area contributed by atoms with Crippen molar-refractivity contribution in [2.75, 3.05) is 23.7 Å². The number of benzene rings is 3. The third-order valence-corrected chi connectivity index (χ3v) is 11.1. The summed E-state index contributed by atoms with van der Waals surface area (Å²) in [6, 6.07) is 17.3. The van der Waals surface area contributed by atoms with E-state index in [4.69, 9.17) is 27.9 Å². The van der Waals surface area contributed by atoms with Crippen molar-refractivity contribution < 1.29 is 22.7 Å². The minimum Gasteiger partial charge on any atom is -0.494 e. The molecule has 242 valence electrons. The van der Waals surface area contributed by atoms with Crippen molar-refractivity contribution in [3.63, 3.8) is 0 Å². The van der Waals surface area contributed by atoms with E-state index in [1.54, 1.807) is 54.6 Å². The summed E-state index contributed by atoms with van der Waals surface area (Å²) >= 11 is 13.9. The molecule has 0 unspecified atom stereocenters. The standard InChI is InChI=1S/C33H39Cl2N3O5S2/c1-4-31(33(40)36-24-8-6-7-9-24)37(21-23-10-19-29(34)30(35)20-23)32(39)22-38(25-11-13-26(14-12-25)43-5-2)45(41,42)28-17-15-27(44-3)16-18-28/h10-20,24,31H,4-9,21-22H2,1-3H3,(H,36,40)/t31-/m1/s1. The van der Waals surface area contributed by atoms with Crippen molar-refractivity contribution in [1.82, 2.24) is 10.2 Å². The van der Waals surface area contributed by atoms with Gasteiger partial charge >= 0.3 is 0 Å². The first-order chi connectivity index (χ1) is 21.6. The van der Waals surface area contributed by atoms with E-state index in [1.807, 2.05) is 20.1 Å². The fourth-order valence-electron chi connectivity index (χ4n) is 5.40. The molecular formula is C33H39Cl2N3O5S2. The van der Waals surface area contributed by atoms with Crippen LogP contribution in [0.4, 0.5) is 5.69 Å². The van der Waals surface area contributed by atoms with Gasteiger partial charge < -0.3 is 15.0 Å². The average Bonchev–Trinajstić information content (AvgIpc) is 3.55. The van der Waals surface area contributed by atoms with Crippen molar-refractivity contribution in [1.29, 1.82) is 0 Å². The molecule has 0 aromatic heterocycles. The molecule has 0 heterocycles. The summed E-state index contributed by atoms with van der Waals surface area (Å²) in [5.74, 6) is -0.223. The molecule has 1 N–H and O–H groups in total. The number of thioether (sulfide) groups is 1. The Morgan fingerprint density at radius 3 is 2.22 bits per heavy atom. The van der Waals surface area contributed by atoms with Crippen LogP contribution in [0.25, 0.3) is 0 Å². The van der Waals surface area contributed by atoms with E-state index in [-0.39, 0.29) is 23.4 Å². The average molecular weight is 693 g/mol. The molecule has 12 heteroatoms. The van der Waals surface area contributed by atoms with Gasteiger partial charge in [0.1, 0.15) is 18.3 Å². The Balaban J connectivity index is 1.73. The number of nitrogens with one attached hydrogen (secondary N) is 1. The van der Waals surface area contributed by atoms with Crippen molar-refractivity contribution in [3.8, 4) is 5.75 Å². The van der Waals surface area contributed by atoms with E-state index in [1.165, 1.54) is 28.8 Å². The maximum Gasteiger partial charge on any atom is 0.264 e.